The van der Waals surface area contributed by atoms with E-state index in [1.165, 1.54) is 0 Å². The number of piperidine rings is 1. The van der Waals surface area contributed by atoms with Crippen molar-refractivity contribution in [1.82, 2.24) is 0 Å². The van der Waals surface area contributed by atoms with Crippen LogP contribution in [0.5, 0.6) is 0 Å². The number of Topliss-reactive ketones (excluding diaryl/α,β-unsaturated/α-hetero) is 1. The van der Waals surface area contributed by atoms with Crippen molar-refractivity contribution in [1.29, 1.82) is 0 Å². The van der Waals surface area contributed by atoms with Gasteiger partial charge in [0, 0.05) is 27.8 Å². The van der Waals surface area contributed by atoms with Crippen LogP contribution in [0.1, 0.15) is 43.0 Å². The second-order valence-electron chi connectivity index (χ2n) is 5.64. The highest BCUT2D eigenvalue weighted by Crippen LogP contribution is 2.41. The molecular formula is C15H18BrNO2. The van der Waals surface area contributed by atoms with Gasteiger partial charge in [-0.1, -0.05) is 15.9 Å². The third-order valence-corrected chi connectivity index (χ3v) is 4.82. The summed E-state index contributed by atoms with van der Waals surface area (Å²) >= 11 is 3.50. The molecule has 0 aliphatic carbocycles. The lowest BCUT2D eigenvalue weighted by Crippen LogP contribution is -2.45. The van der Waals surface area contributed by atoms with Gasteiger partial charge in [0.1, 0.15) is 0 Å². The molecule has 0 saturated carbocycles. The van der Waals surface area contributed by atoms with Crippen LogP contribution in [0.2, 0.25) is 0 Å². The molecule has 2 fully saturated rings. The fourth-order valence-electron chi connectivity index (χ4n) is 3.56. The smallest absolute Gasteiger partial charge is 0.161 e. The van der Waals surface area contributed by atoms with Gasteiger partial charge in [-0.2, -0.15) is 0 Å². The molecule has 2 aliphatic rings. The van der Waals surface area contributed by atoms with E-state index in [1.54, 1.807) is 6.92 Å². The maximum Gasteiger partial charge on any atom is 0.161 e. The maximum absolute atomic E-state index is 11.8. The molecule has 19 heavy (non-hydrogen) atoms. The van der Waals surface area contributed by atoms with Crippen LogP contribution in [0, 0.1) is 0 Å². The Morgan fingerprint density at radius 1 is 1.32 bits per heavy atom. The Hall–Kier alpha value is -0.870. The van der Waals surface area contributed by atoms with Gasteiger partial charge in [-0.05, 0) is 50.8 Å². The van der Waals surface area contributed by atoms with Crippen molar-refractivity contribution in [3.63, 3.8) is 0 Å². The summed E-state index contributed by atoms with van der Waals surface area (Å²) < 4.78 is 0.998. The van der Waals surface area contributed by atoms with Crippen molar-refractivity contribution < 1.29 is 9.90 Å². The number of carbonyl (C=O) groups is 1. The zero-order valence-electron chi connectivity index (χ0n) is 11.0. The SMILES string of the molecule is CC(=O)c1ccc(Br)cc1N1C2CCC1CC(O)C2. The molecule has 2 heterocycles. The molecule has 1 aromatic carbocycles. The van der Waals surface area contributed by atoms with E-state index in [0.717, 1.165) is 41.4 Å². The van der Waals surface area contributed by atoms with Gasteiger partial charge in [0.2, 0.25) is 0 Å². The lowest BCUT2D eigenvalue weighted by molar-refractivity contribution is 0.101. The van der Waals surface area contributed by atoms with Crippen LogP contribution in [-0.4, -0.2) is 29.1 Å². The number of fused-ring (bicyclic) bond motifs is 2. The summed E-state index contributed by atoms with van der Waals surface area (Å²) in [5.41, 5.74) is 1.82. The van der Waals surface area contributed by atoms with E-state index < -0.39 is 0 Å². The molecular weight excluding hydrogens is 306 g/mol. The number of nitrogens with zero attached hydrogens (tertiary/aromatic N) is 1. The summed E-state index contributed by atoms with van der Waals surface area (Å²) in [6.45, 7) is 1.62. The normalized spacial score (nSPS) is 29.6. The first kappa shape index (κ1) is 13.1. The molecule has 4 heteroatoms. The first-order valence-electron chi connectivity index (χ1n) is 6.83. The molecule has 0 radical (unpaired) electrons. The summed E-state index contributed by atoms with van der Waals surface area (Å²) in [4.78, 5) is 14.2. The highest BCUT2D eigenvalue weighted by atomic mass is 79.9. The zero-order valence-corrected chi connectivity index (χ0v) is 12.6. The first-order valence-corrected chi connectivity index (χ1v) is 7.62. The number of aliphatic hydroxyl groups is 1. The van der Waals surface area contributed by atoms with Crippen LogP contribution in [0.3, 0.4) is 0 Å². The van der Waals surface area contributed by atoms with Gasteiger partial charge in [0.15, 0.2) is 5.78 Å². The number of anilines is 1. The molecule has 2 unspecified atom stereocenters. The van der Waals surface area contributed by atoms with Crippen LogP contribution in [0.15, 0.2) is 22.7 Å². The molecule has 2 atom stereocenters. The van der Waals surface area contributed by atoms with Gasteiger partial charge >= 0.3 is 0 Å². The molecule has 1 N–H and O–H groups in total. The van der Waals surface area contributed by atoms with Crippen LogP contribution in [0.25, 0.3) is 0 Å². The molecule has 3 rings (SSSR count). The van der Waals surface area contributed by atoms with Gasteiger partial charge in [-0.3, -0.25) is 4.79 Å². The third-order valence-electron chi connectivity index (χ3n) is 4.33. The van der Waals surface area contributed by atoms with Crippen LogP contribution >= 0.6 is 15.9 Å². The molecule has 2 aliphatic heterocycles. The molecule has 0 spiro atoms. The summed E-state index contributed by atoms with van der Waals surface area (Å²) in [5, 5.41) is 9.88. The number of carbonyl (C=O) groups excluding carboxylic acids is 1. The summed E-state index contributed by atoms with van der Waals surface area (Å²) in [5.74, 6) is 0.105. The molecule has 2 bridgehead atoms. The van der Waals surface area contributed by atoms with Gasteiger partial charge < -0.3 is 10.0 Å². The van der Waals surface area contributed by atoms with Crippen molar-refractivity contribution in [3.8, 4) is 0 Å². The molecule has 102 valence electrons. The average Bonchev–Trinajstić information content (AvgIpc) is 2.61. The topological polar surface area (TPSA) is 40.5 Å². The highest BCUT2D eigenvalue weighted by molar-refractivity contribution is 9.10. The lowest BCUT2D eigenvalue weighted by Gasteiger charge is -2.39. The minimum Gasteiger partial charge on any atom is -0.393 e. The van der Waals surface area contributed by atoms with E-state index in [1.807, 2.05) is 18.2 Å². The summed E-state index contributed by atoms with van der Waals surface area (Å²) in [6.07, 6.45) is 3.69. The fraction of sp³-hybridized carbons (Fsp3) is 0.533. The lowest BCUT2D eigenvalue weighted by atomic mass is 9.97. The summed E-state index contributed by atoms with van der Waals surface area (Å²) in [7, 11) is 0. The van der Waals surface area contributed by atoms with Gasteiger partial charge in [0.25, 0.3) is 0 Å². The second kappa shape index (κ2) is 4.91. The van der Waals surface area contributed by atoms with E-state index in [0.29, 0.717) is 12.1 Å². The van der Waals surface area contributed by atoms with Gasteiger partial charge in [-0.25, -0.2) is 0 Å². The number of ketones is 1. The molecule has 2 saturated heterocycles. The van der Waals surface area contributed by atoms with Crippen LogP contribution in [-0.2, 0) is 0 Å². The number of hydrogen-bond donors (Lipinski definition) is 1. The predicted octanol–water partition coefficient (Wildman–Crippen LogP) is 3.14. The minimum absolute atomic E-state index is 0.105. The van der Waals surface area contributed by atoms with Crippen molar-refractivity contribution in [2.45, 2.75) is 50.8 Å². The molecule has 3 nitrogen and oxygen atoms in total. The van der Waals surface area contributed by atoms with E-state index in [9.17, 15) is 9.90 Å². The highest BCUT2D eigenvalue weighted by Gasteiger charge is 2.41. The predicted molar refractivity (Wildman–Crippen MR) is 78.7 cm³/mol. The minimum atomic E-state index is -0.179. The van der Waals surface area contributed by atoms with Gasteiger partial charge in [0.05, 0.1) is 6.10 Å². The van der Waals surface area contributed by atoms with Crippen molar-refractivity contribution >= 4 is 27.4 Å². The Bertz CT molecular complexity index is 503. The van der Waals surface area contributed by atoms with E-state index >= 15 is 0 Å². The van der Waals surface area contributed by atoms with Crippen LogP contribution < -0.4 is 4.90 Å². The van der Waals surface area contributed by atoms with Gasteiger partial charge in [-0.15, -0.1) is 0 Å². The quantitative estimate of drug-likeness (QED) is 0.850. The largest absolute Gasteiger partial charge is 0.393 e. The fourth-order valence-corrected chi connectivity index (χ4v) is 3.91. The van der Waals surface area contributed by atoms with Crippen molar-refractivity contribution in [3.05, 3.63) is 28.2 Å². The number of halogens is 1. The number of rotatable bonds is 2. The maximum atomic E-state index is 11.8. The van der Waals surface area contributed by atoms with E-state index in [-0.39, 0.29) is 11.9 Å². The van der Waals surface area contributed by atoms with E-state index in [2.05, 4.69) is 20.8 Å². The molecule has 0 aromatic heterocycles. The van der Waals surface area contributed by atoms with E-state index in [4.69, 9.17) is 0 Å². The average molecular weight is 324 g/mol. The Balaban J connectivity index is 2.03. The number of hydrogen-bond acceptors (Lipinski definition) is 3. The number of benzene rings is 1. The summed E-state index contributed by atoms with van der Waals surface area (Å²) in [6, 6.07) is 6.61. The Morgan fingerprint density at radius 3 is 2.53 bits per heavy atom. The first-order chi connectivity index (χ1) is 9.06. The molecule has 1 aromatic rings. The van der Waals surface area contributed by atoms with Crippen LogP contribution in [0.4, 0.5) is 5.69 Å². The molecule has 0 amide bonds. The standard InChI is InChI=1S/C15H18BrNO2/c1-9(18)14-5-2-10(16)6-15(14)17-11-3-4-12(17)8-13(19)7-11/h2,5-6,11-13,19H,3-4,7-8H2,1H3. The van der Waals surface area contributed by atoms with Crippen molar-refractivity contribution in [2.75, 3.05) is 4.90 Å². The number of aliphatic hydroxyl groups excluding tert-OH is 1. The second-order valence-corrected chi connectivity index (χ2v) is 6.55. The Morgan fingerprint density at radius 2 is 1.95 bits per heavy atom. The monoisotopic (exact) mass is 323 g/mol. The Labute approximate surface area is 121 Å². The van der Waals surface area contributed by atoms with Crippen molar-refractivity contribution in [2.24, 2.45) is 0 Å². The Kier molecular flexibility index (Phi) is 3.39. The third kappa shape index (κ3) is 2.32. The zero-order chi connectivity index (χ0) is 13.6.